The topological polar surface area (TPSA) is 37.6 Å². The third-order valence-electron chi connectivity index (χ3n) is 4.93. The number of halogens is 1. The third kappa shape index (κ3) is 2.76. The van der Waals surface area contributed by atoms with Gasteiger partial charge < -0.3 is 4.90 Å². The highest BCUT2D eigenvalue weighted by atomic mass is 79.9. The zero-order valence-corrected chi connectivity index (χ0v) is 15.9. The second kappa shape index (κ2) is 6.30. The van der Waals surface area contributed by atoms with Gasteiger partial charge in [-0.15, -0.1) is 0 Å². The number of carbonyl (C=O) groups is 1. The van der Waals surface area contributed by atoms with Gasteiger partial charge in [0.15, 0.2) is 0 Å². The standard InChI is InChI=1S/C20H20BrN3O/c1-13(2)19-16-6-4-3-5-14(16)8-10-23(19)20(25)17-11-15(21)12-24-18(17)7-9-22-24/h3-7,9,11-13,19H,8,10H2,1-2H3. The summed E-state index contributed by atoms with van der Waals surface area (Å²) in [7, 11) is 0. The van der Waals surface area contributed by atoms with Gasteiger partial charge in [0.25, 0.3) is 5.91 Å². The Morgan fingerprint density at radius 1 is 1.28 bits per heavy atom. The Bertz CT molecular complexity index is 947. The fourth-order valence-corrected chi connectivity index (χ4v) is 4.29. The van der Waals surface area contributed by atoms with Gasteiger partial charge in [0.05, 0.1) is 23.3 Å². The van der Waals surface area contributed by atoms with E-state index < -0.39 is 0 Å². The second-order valence-electron chi connectivity index (χ2n) is 6.87. The van der Waals surface area contributed by atoms with E-state index in [0.717, 1.165) is 23.0 Å². The first-order valence-electron chi connectivity index (χ1n) is 8.58. The molecule has 0 fully saturated rings. The van der Waals surface area contributed by atoms with Gasteiger partial charge in [0.1, 0.15) is 0 Å². The molecule has 3 aromatic rings. The van der Waals surface area contributed by atoms with Crippen LogP contribution in [0.5, 0.6) is 0 Å². The van der Waals surface area contributed by atoms with Crippen LogP contribution in [0.25, 0.3) is 5.52 Å². The van der Waals surface area contributed by atoms with Gasteiger partial charge >= 0.3 is 0 Å². The molecule has 0 N–H and O–H groups in total. The number of pyridine rings is 1. The number of fused-ring (bicyclic) bond motifs is 2. The first kappa shape index (κ1) is 16.3. The Hall–Kier alpha value is -2.14. The summed E-state index contributed by atoms with van der Waals surface area (Å²) < 4.78 is 2.60. The molecule has 0 bridgehead atoms. The van der Waals surface area contributed by atoms with Gasteiger partial charge in [-0.3, -0.25) is 4.79 Å². The van der Waals surface area contributed by atoms with E-state index in [1.165, 1.54) is 11.1 Å². The zero-order chi connectivity index (χ0) is 17.6. The molecule has 25 heavy (non-hydrogen) atoms. The quantitative estimate of drug-likeness (QED) is 0.638. The van der Waals surface area contributed by atoms with Gasteiger partial charge in [-0.1, -0.05) is 38.1 Å². The van der Waals surface area contributed by atoms with E-state index in [1.807, 2.05) is 23.2 Å². The molecule has 0 radical (unpaired) electrons. The van der Waals surface area contributed by atoms with Crippen LogP contribution >= 0.6 is 15.9 Å². The minimum absolute atomic E-state index is 0.0694. The summed E-state index contributed by atoms with van der Waals surface area (Å²) in [6, 6.07) is 12.4. The highest BCUT2D eigenvalue weighted by Gasteiger charge is 2.33. The van der Waals surface area contributed by atoms with E-state index in [1.54, 1.807) is 10.7 Å². The maximum absolute atomic E-state index is 13.5. The Kier molecular flexibility index (Phi) is 4.12. The number of benzene rings is 1. The number of nitrogens with zero attached hydrogens (tertiary/aromatic N) is 3. The summed E-state index contributed by atoms with van der Waals surface area (Å²) in [4.78, 5) is 15.5. The lowest BCUT2D eigenvalue weighted by atomic mass is 9.86. The first-order valence-corrected chi connectivity index (χ1v) is 9.37. The molecule has 1 aliphatic rings. The Morgan fingerprint density at radius 3 is 2.88 bits per heavy atom. The number of aromatic nitrogens is 2. The minimum Gasteiger partial charge on any atom is -0.331 e. The third-order valence-corrected chi connectivity index (χ3v) is 5.36. The number of hydrogen-bond donors (Lipinski definition) is 0. The van der Waals surface area contributed by atoms with Crippen molar-refractivity contribution in [3.8, 4) is 0 Å². The summed E-state index contributed by atoms with van der Waals surface area (Å²) in [5.74, 6) is 0.415. The highest BCUT2D eigenvalue weighted by molar-refractivity contribution is 9.10. The molecule has 1 atom stereocenters. The van der Waals surface area contributed by atoms with Crippen molar-refractivity contribution in [2.75, 3.05) is 6.54 Å². The van der Waals surface area contributed by atoms with Crippen LogP contribution in [-0.4, -0.2) is 27.0 Å². The number of amides is 1. The van der Waals surface area contributed by atoms with Crippen LogP contribution in [0.4, 0.5) is 0 Å². The summed E-state index contributed by atoms with van der Waals surface area (Å²) in [6.07, 6.45) is 4.50. The Balaban J connectivity index is 1.80. The summed E-state index contributed by atoms with van der Waals surface area (Å²) in [6.45, 7) is 5.11. The van der Waals surface area contributed by atoms with Crippen LogP contribution in [0.2, 0.25) is 0 Å². The van der Waals surface area contributed by atoms with Crippen molar-refractivity contribution in [3.63, 3.8) is 0 Å². The van der Waals surface area contributed by atoms with Crippen LogP contribution in [0.3, 0.4) is 0 Å². The largest absolute Gasteiger partial charge is 0.331 e. The molecule has 1 amide bonds. The van der Waals surface area contributed by atoms with Crippen molar-refractivity contribution in [3.05, 3.63) is 70.0 Å². The normalized spacial score (nSPS) is 17.1. The predicted molar refractivity (Wildman–Crippen MR) is 102 cm³/mol. The van der Waals surface area contributed by atoms with Gasteiger partial charge in [0, 0.05) is 17.2 Å². The van der Waals surface area contributed by atoms with Crippen molar-refractivity contribution in [1.29, 1.82) is 0 Å². The zero-order valence-electron chi connectivity index (χ0n) is 14.3. The van der Waals surface area contributed by atoms with Gasteiger partial charge in [-0.2, -0.15) is 5.10 Å². The van der Waals surface area contributed by atoms with E-state index in [2.05, 4.69) is 59.1 Å². The molecule has 0 saturated carbocycles. The van der Waals surface area contributed by atoms with Crippen molar-refractivity contribution < 1.29 is 4.79 Å². The van der Waals surface area contributed by atoms with E-state index in [-0.39, 0.29) is 11.9 Å². The van der Waals surface area contributed by atoms with Gasteiger partial charge in [0.2, 0.25) is 0 Å². The molecule has 0 aliphatic carbocycles. The summed E-state index contributed by atoms with van der Waals surface area (Å²) in [5.41, 5.74) is 4.16. The lowest BCUT2D eigenvalue weighted by Crippen LogP contribution is -2.42. The van der Waals surface area contributed by atoms with Crippen LogP contribution in [-0.2, 0) is 6.42 Å². The first-order chi connectivity index (χ1) is 12.1. The molecule has 1 unspecified atom stereocenters. The monoisotopic (exact) mass is 397 g/mol. The van der Waals surface area contributed by atoms with E-state index in [9.17, 15) is 4.79 Å². The van der Waals surface area contributed by atoms with Gasteiger partial charge in [-0.25, -0.2) is 4.52 Å². The molecule has 4 nitrogen and oxygen atoms in total. The lowest BCUT2D eigenvalue weighted by Gasteiger charge is -2.40. The average Bonchev–Trinajstić information content (AvgIpc) is 3.07. The Morgan fingerprint density at radius 2 is 2.08 bits per heavy atom. The molecular weight excluding hydrogens is 378 g/mol. The van der Waals surface area contributed by atoms with Crippen LogP contribution in [0, 0.1) is 5.92 Å². The van der Waals surface area contributed by atoms with Crippen LogP contribution in [0.15, 0.2) is 53.3 Å². The van der Waals surface area contributed by atoms with Crippen molar-refractivity contribution in [2.45, 2.75) is 26.3 Å². The molecule has 1 aromatic carbocycles. The molecule has 2 aromatic heterocycles. The molecule has 128 valence electrons. The SMILES string of the molecule is CC(C)C1c2ccccc2CCN1C(=O)c1cc(Br)cn2nccc12. The molecule has 3 heterocycles. The Labute approximate surface area is 155 Å². The smallest absolute Gasteiger partial charge is 0.256 e. The van der Waals surface area contributed by atoms with E-state index in [4.69, 9.17) is 0 Å². The second-order valence-corrected chi connectivity index (χ2v) is 7.78. The maximum Gasteiger partial charge on any atom is 0.256 e. The summed E-state index contributed by atoms with van der Waals surface area (Å²) >= 11 is 3.50. The molecule has 1 aliphatic heterocycles. The number of hydrogen-bond acceptors (Lipinski definition) is 2. The van der Waals surface area contributed by atoms with Crippen molar-refractivity contribution >= 4 is 27.4 Å². The molecular formula is C20H20BrN3O. The maximum atomic E-state index is 13.5. The molecule has 4 rings (SSSR count). The van der Waals surface area contributed by atoms with Crippen molar-refractivity contribution in [2.24, 2.45) is 5.92 Å². The average molecular weight is 398 g/mol. The van der Waals surface area contributed by atoms with Crippen LogP contribution < -0.4 is 0 Å². The summed E-state index contributed by atoms with van der Waals surface area (Å²) in [5, 5.41) is 4.27. The lowest BCUT2D eigenvalue weighted by molar-refractivity contribution is 0.0605. The van der Waals surface area contributed by atoms with E-state index >= 15 is 0 Å². The van der Waals surface area contributed by atoms with Crippen LogP contribution in [0.1, 0.15) is 41.4 Å². The van der Waals surface area contributed by atoms with Gasteiger partial charge in [-0.05, 0) is 51.5 Å². The predicted octanol–water partition coefficient (Wildman–Crippen LogP) is 4.49. The highest BCUT2D eigenvalue weighted by Crippen LogP contribution is 2.36. The van der Waals surface area contributed by atoms with E-state index in [0.29, 0.717) is 11.5 Å². The number of carbonyl (C=O) groups excluding carboxylic acids is 1. The fraction of sp³-hybridized carbons (Fsp3) is 0.300. The molecule has 0 saturated heterocycles. The van der Waals surface area contributed by atoms with Crippen molar-refractivity contribution in [1.82, 2.24) is 14.5 Å². The fourth-order valence-electron chi connectivity index (χ4n) is 3.87. The minimum atomic E-state index is 0.0694. The molecule has 0 spiro atoms. The molecule has 5 heteroatoms. The number of rotatable bonds is 2.